The molecule has 2 unspecified atom stereocenters. The Kier molecular flexibility index (Phi) is 6.15. The average Bonchev–Trinajstić information content (AvgIpc) is 2.22. The number of sulfone groups is 1. The molecule has 1 heterocycles. The molecule has 1 fully saturated rings. The van der Waals surface area contributed by atoms with Crippen molar-refractivity contribution in [2.24, 2.45) is 0 Å². The molecule has 0 aliphatic carbocycles. The van der Waals surface area contributed by atoms with Gasteiger partial charge in [0.15, 0.2) is 9.84 Å². The number of nitrogens with zero attached hydrogens (tertiary/aromatic N) is 1. The van der Waals surface area contributed by atoms with Gasteiger partial charge in [0.2, 0.25) is 0 Å². The summed E-state index contributed by atoms with van der Waals surface area (Å²) in [6, 6.07) is 0. The van der Waals surface area contributed by atoms with Gasteiger partial charge in [-0.15, -0.1) is 0 Å². The van der Waals surface area contributed by atoms with Crippen molar-refractivity contribution < 1.29 is 46.7 Å². The number of ether oxygens (including phenoxy) is 1. The minimum absolute atomic E-state index is 0. The van der Waals surface area contributed by atoms with Gasteiger partial charge in [0.1, 0.15) is 6.54 Å². The highest BCUT2D eigenvalue weighted by molar-refractivity contribution is 7.91. The van der Waals surface area contributed by atoms with Crippen LogP contribution in [0.25, 0.3) is 0 Å². The van der Waals surface area contributed by atoms with Gasteiger partial charge in [0, 0.05) is 0 Å². The lowest BCUT2D eigenvalue weighted by atomic mass is 10.3. The van der Waals surface area contributed by atoms with Crippen LogP contribution in [-0.4, -0.2) is 76.0 Å². The van der Waals surface area contributed by atoms with Crippen LogP contribution >= 0.6 is 0 Å². The van der Waals surface area contributed by atoms with Gasteiger partial charge in [0.25, 0.3) is 0 Å². The highest BCUT2D eigenvalue weighted by atomic mass is 127. The third-order valence-corrected chi connectivity index (χ3v) is 4.05. The second-order valence-corrected chi connectivity index (χ2v) is 7.22. The minimum Gasteiger partial charge on any atom is -1.00 e. The monoisotopic (exact) mass is 365 g/mol. The first-order chi connectivity index (χ1) is 6.70. The number of hydrogen-bond acceptors (Lipinski definition) is 4. The highest BCUT2D eigenvalue weighted by Crippen LogP contribution is 2.15. The van der Waals surface area contributed by atoms with Crippen LogP contribution in [0.5, 0.6) is 0 Å². The summed E-state index contributed by atoms with van der Waals surface area (Å²) < 4.78 is 28.5. The Morgan fingerprint density at radius 1 is 1.31 bits per heavy atom. The first-order valence-electron chi connectivity index (χ1n) is 5.00. The van der Waals surface area contributed by atoms with Gasteiger partial charge in [-0.3, -0.25) is 0 Å². The first kappa shape index (κ1) is 16.6. The van der Waals surface area contributed by atoms with Crippen LogP contribution in [0, 0.1) is 0 Å². The zero-order valence-corrected chi connectivity index (χ0v) is 12.9. The summed E-state index contributed by atoms with van der Waals surface area (Å²) in [5.41, 5.74) is 0. The van der Waals surface area contributed by atoms with Crippen LogP contribution < -0.4 is 24.0 Å². The molecular formula is C9H20INO4S. The predicted molar refractivity (Wildman–Crippen MR) is 57.3 cm³/mol. The Balaban J connectivity index is 0.00000225. The molecule has 0 aromatic rings. The fourth-order valence-corrected chi connectivity index (χ4v) is 3.12. The second kappa shape index (κ2) is 5.94. The van der Waals surface area contributed by atoms with E-state index >= 15 is 0 Å². The molecule has 0 radical (unpaired) electrons. The van der Waals surface area contributed by atoms with E-state index in [1.165, 1.54) is 0 Å². The third kappa shape index (κ3) is 5.76. The van der Waals surface area contributed by atoms with Crippen molar-refractivity contribution in [2.45, 2.75) is 12.2 Å². The van der Waals surface area contributed by atoms with Gasteiger partial charge in [-0.05, 0) is 0 Å². The maximum atomic E-state index is 11.2. The van der Waals surface area contributed by atoms with E-state index in [1.807, 2.05) is 21.1 Å². The van der Waals surface area contributed by atoms with E-state index < -0.39 is 22.0 Å². The quantitative estimate of drug-likeness (QED) is 0.406. The number of aliphatic hydroxyl groups excluding tert-OH is 1. The van der Waals surface area contributed by atoms with Crippen molar-refractivity contribution in [2.75, 3.05) is 45.8 Å². The normalized spacial score (nSPS) is 28.8. The first-order valence-corrected chi connectivity index (χ1v) is 6.82. The summed E-state index contributed by atoms with van der Waals surface area (Å²) in [4.78, 5) is 0. The summed E-state index contributed by atoms with van der Waals surface area (Å²) in [6.45, 7) is 1.27. The zero-order chi connectivity index (χ0) is 11.7. The Bertz CT molecular complexity index is 312. The summed E-state index contributed by atoms with van der Waals surface area (Å²) in [5, 5.41) is 9.44. The lowest BCUT2D eigenvalue weighted by Gasteiger charge is -2.24. The molecule has 0 aromatic heterocycles. The molecule has 1 aliphatic heterocycles. The highest BCUT2D eigenvalue weighted by Gasteiger charge is 2.37. The van der Waals surface area contributed by atoms with Gasteiger partial charge < -0.3 is 38.3 Å². The Hall–Kier alpha value is 0.560. The van der Waals surface area contributed by atoms with Crippen LogP contribution in [0.15, 0.2) is 0 Å². The van der Waals surface area contributed by atoms with Gasteiger partial charge in [-0.25, -0.2) is 8.42 Å². The Morgan fingerprint density at radius 3 is 2.25 bits per heavy atom. The molecule has 1 N–H and O–H groups in total. The molecule has 0 bridgehead atoms. The van der Waals surface area contributed by atoms with E-state index in [-0.39, 0.29) is 35.5 Å². The van der Waals surface area contributed by atoms with E-state index in [4.69, 9.17) is 4.74 Å². The lowest BCUT2D eigenvalue weighted by molar-refractivity contribution is -0.870. The molecule has 2 atom stereocenters. The molecule has 0 amide bonds. The van der Waals surface area contributed by atoms with Gasteiger partial charge in [-0.1, -0.05) is 0 Å². The largest absolute Gasteiger partial charge is 1.00 e. The molecule has 0 spiro atoms. The maximum Gasteiger partial charge on any atom is 0.155 e. The standard InChI is InChI=1S/C9H20NO4S.HI/c1-10(2,3)4-5-14-9-7-15(12,13)6-8(9)11;/h8-9,11H,4-7H2,1-3H3;1H/q+1;/p-1. The van der Waals surface area contributed by atoms with Crippen molar-refractivity contribution in [3.8, 4) is 0 Å². The van der Waals surface area contributed by atoms with Gasteiger partial charge >= 0.3 is 0 Å². The number of aliphatic hydroxyl groups is 1. The number of likely N-dealkylation sites (N-methyl/N-ethyl adjacent to an activating group) is 1. The van der Waals surface area contributed by atoms with Crippen molar-refractivity contribution in [3.05, 3.63) is 0 Å². The molecule has 98 valence electrons. The average molecular weight is 365 g/mol. The van der Waals surface area contributed by atoms with Crippen molar-refractivity contribution in [1.82, 2.24) is 0 Å². The number of halogens is 1. The number of quaternary nitrogens is 1. The molecule has 1 rings (SSSR count). The van der Waals surface area contributed by atoms with E-state index in [2.05, 4.69) is 0 Å². The second-order valence-electron chi connectivity index (χ2n) is 5.07. The molecule has 0 aromatic carbocycles. The summed E-state index contributed by atoms with van der Waals surface area (Å²) in [5.74, 6) is -0.215. The molecule has 1 saturated heterocycles. The molecule has 16 heavy (non-hydrogen) atoms. The van der Waals surface area contributed by atoms with Crippen LogP contribution in [-0.2, 0) is 14.6 Å². The fraction of sp³-hybridized carbons (Fsp3) is 1.00. The fourth-order valence-electron chi connectivity index (χ4n) is 1.43. The van der Waals surface area contributed by atoms with E-state index in [9.17, 15) is 13.5 Å². The van der Waals surface area contributed by atoms with Crippen molar-refractivity contribution >= 4 is 9.84 Å². The molecule has 0 saturated carbocycles. The van der Waals surface area contributed by atoms with Crippen molar-refractivity contribution in [1.29, 1.82) is 0 Å². The molecule has 5 nitrogen and oxygen atoms in total. The van der Waals surface area contributed by atoms with Crippen LogP contribution in [0.3, 0.4) is 0 Å². The smallest absolute Gasteiger partial charge is 0.155 e. The third-order valence-electron chi connectivity index (χ3n) is 2.37. The van der Waals surface area contributed by atoms with E-state index in [0.717, 1.165) is 11.0 Å². The Labute approximate surface area is 114 Å². The summed E-state index contributed by atoms with van der Waals surface area (Å²) in [7, 11) is 3.01. The SMILES string of the molecule is C[N+](C)(C)CCOC1CS(=O)(=O)CC1O.[I-]. The van der Waals surface area contributed by atoms with Gasteiger partial charge in [0.05, 0.1) is 51.5 Å². The summed E-state index contributed by atoms with van der Waals surface area (Å²) >= 11 is 0. The maximum absolute atomic E-state index is 11.2. The van der Waals surface area contributed by atoms with Crippen molar-refractivity contribution in [3.63, 3.8) is 0 Å². The lowest BCUT2D eigenvalue weighted by Crippen LogP contribution is -3.00. The molecular weight excluding hydrogens is 345 g/mol. The van der Waals surface area contributed by atoms with Gasteiger partial charge in [-0.2, -0.15) is 0 Å². The zero-order valence-electron chi connectivity index (χ0n) is 9.89. The van der Waals surface area contributed by atoms with E-state index in [0.29, 0.717) is 6.61 Å². The predicted octanol–water partition coefficient (Wildman–Crippen LogP) is -4.13. The van der Waals surface area contributed by atoms with Crippen LogP contribution in [0.1, 0.15) is 0 Å². The number of rotatable bonds is 4. The summed E-state index contributed by atoms with van der Waals surface area (Å²) in [6.07, 6.45) is -1.40. The van der Waals surface area contributed by atoms with E-state index in [1.54, 1.807) is 0 Å². The molecule has 1 aliphatic rings. The topological polar surface area (TPSA) is 63.6 Å². The van der Waals surface area contributed by atoms with Crippen LogP contribution in [0.2, 0.25) is 0 Å². The number of hydrogen-bond donors (Lipinski definition) is 1. The minimum atomic E-state index is -3.09. The van der Waals surface area contributed by atoms with Crippen LogP contribution in [0.4, 0.5) is 0 Å². The molecule has 7 heteroatoms. The Morgan fingerprint density at radius 2 is 1.88 bits per heavy atom.